The van der Waals surface area contributed by atoms with E-state index in [4.69, 9.17) is 0 Å². The summed E-state index contributed by atoms with van der Waals surface area (Å²) < 4.78 is 22.3. The average Bonchev–Trinajstić information content (AvgIpc) is 2.06. The van der Waals surface area contributed by atoms with Crippen LogP contribution in [0.15, 0.2) is 18.2 Å². The molecule has 4 heteroatoms. The van der Waals surface area contributed by atoms with Gasteiger partial charge in [-0.05, 0) is 30.5 Å². The fraction of sp³-hybridized carbons (Fsp3) is 0.455. The second-order valence-electron chi connectivity index (χ2n) is 3.90. The third kappa shape index (κ3) is 3.95. The molecular weight excluding hydrogens is 276 g/mol. The van der Waals surface area contributed by atoms with Crippen molar-refractivity contribution in [3.63, 3.8) is 0 Å². The highest BCUT2D eigenvalue weighted by Gasteiger charge is 2.14. The Morgan fingerprint density at radius 1 is 1.27 bits per heavy atom. The predicted octanol–water partition coefficient (Wildman–Crippen LogP) is 2.78. The lowest BCUT2D eigenvalue weighted by Gasteiger charge is -2.10. The molecule has 0 amide bonds. The predicted molar refractivity (Wildman–Crippen MR) is 67.3 cm³/mol. The molecule has 1 aromatic rings. The van der Waals surface area contributed by atoms with Crippen molar-refractivity contribution in [2.24, 2.45) is 0 Å². The summed E-state index contributed by atoms with van der Waals surface area (Å²) in [6, 6.07) is 6.01. The first-order chi connectivity index (χ1) is 6.79. The molecule has 1 atom stereocenters. The zero-order valence-electron chi connectivity index (χ0n) is 9.12. The number of halogens is 1. The summed E-state index contributed by atoms with van der Waals surface area (Å²) >= 11 is 3.40. The molecule has 0 bridgehead atoms. The van der Waals surface area contributed by atoms with Gasteiger partial charge in [0.1, 0.15) is 9.84 Å². The van der Waals surface area contributed by atoms with Crippen LogP contribution >= 0.6 is 15.9 Å². The van der Waals surface area contributed by atoms with Crippen LogP contribution in [-0.2, 0) is 9.84 Å². The molecule has 0 aliphatic heterocycles. The number of hydrogen-bond acceptors (Lipinski definition) is 2. The molecule has 0 aromatic heterocycles. The van der Waals surface area contributed by atoms with Crippen molar-refractivity contribution in [3.8, 4) is 0 Å². The van der Waals surface area contributed by atoms with Gasteiger partial charge in [-0.1, -0.05) is 34.1 Å². The molecule has 0 aliphatic rings. The SMILES string of the molecule is Cc1ccc(C(Br)CS(C)(=O)=O)cc1C. The highest BCUT2D eigenvalue weighted by Crippen LogP contribution is 2.25. The van der Waals surface area contributed by atoms with Gasteiger partial charge in [-0.3, -0.25) is 0 Å². The minimum atomic E-state index is -2.94. The zero-order chi connectivity index (χ0) is 11.6. The van der Waals surface area contributed by atoms with Crippen molar-refractivity contribution in [2.75, 3.05) is 12.0 Å². The second-order valence-corrected chi connectivity index (χ2v) is 7.19. The number of rotatable bonds is 3. The van der Waals surface area contributed by atoms with Gasteiger partial charge < -0.3 is 0 Å². The summed E-state index contributed by atoms with van der Waals surface area (Å²) in [7, 11) is -2.94. The Labute approximate surface area is 99.7 Å². The number of hydrogen-bond donors (Lipinski definition) is 0. The molecule has 0 fully saturated rings. The second kappa shape index (κ2) is 4.66. The van der Waals surface area contributed by atoms with Crippen LogP contribution in [0.5, 0.6) is 0 Å². The quantitative estimate of drug-likeness (QED) is 0.802. The van der Waals surface area contributed by atoms with Gasteiger partial charge in [-0.2, -0.15) is 0 Å². The van der Waals surface area contributed by atoms with Gasteiger partial charge >= 0.3 is 0 Å². The topological polar surface area (TPSA) is 34.1 Å². The van der Waals surface area contributed by atoms with Crippen molar-refractivity contribution in [1.82, 2.24) is 0 Å². The summed E-state index contributed by atoms with van der Waals surface area (Å²) in [6.07, 6.45) is 1.25. The van der Waals surface area contributed by atoms with Crippen molar-refractivity contribution < 1.29 is 8.42 Å². The standard InChI is InChI=1S/C11H15BrO2S/c1-8-4-5-10(6-9(8)2)11(12)7-15(3,13)14/h4-6,11H,7H2,1-3H3. The Morgan fingerprint density at radius 2 is 1.87 bits per heavy atom. The molecule has 0 radical (unpaired) electrons. The molecule has 84 valence electrons. The summed E-state index contributed by atoms with van der Waals surface area (Å²) in [5.41, 5.74) is 3.42. The lowest BCUT2D eigenvalue weighted by Crippen LogP contribution is -2.08. The lowest BCUT2D eigenvalue weighted by molar-refractivity contribution is 0.601. The number of sulfone groups is 1. The van der Waals surface area contributed by atoms with Crippen LogP contribution < -0.4 is 0 Å². The van der Waals surface area contributed by atoms with Crippen molar-refractivity contribution in [1.29, 1.82) is 0 Å². The Balaban J connectivity index is 2.92. The summed E-state index contributed by atoms with van der Waals surface area (Å²) in [5, 5.41) is 0. The van der Waals surface area contributed by atoms with Crippen molar-refractivity contribution >= 4 is 25.8 Å². The molecule has 0 saturated heterocycles. The monoisotopic (exact) mass is 290 g/mol. The molecule has 1 rings (SSSR count). The first-order valence-electron chi connectivity index (χ1n) is 4.68. The largest absolute Gasteiger partial charge is 0.229 e. The Bertz CT molecular complexity index is 452. The maximum absolute atomic E-state index is 11.1. The minimum Gasteiger partial charge on any atom is -0.229 e. The van der Waals surface area contributed by atoms with E-state index in [1.54, 1.807) is 0 Å². The van der Waals surface area contributed by atoms with Crippen LogP contribution in [0.4, 0.5) is 0 Å². The highest BCUT2D eigenvalue weighted by molar-refractivity contribution is 9.09. The molecule has 0 N–H and O–H groups in total. The normalized spacial score (nSPS) is 13.9. The molecule has 15 heavy (non-hydrogen) atoms. The van der Waals surface area contributed by atoms with Gasteiger partial charge in [-0.15, -0.1) is 0 Å². The van der Waals surface area contributed by atoms with Crippen LogP contribution in [-0.4, -0.2) is 20.4 Å². The lowest BCUT2D eigenvalue weighted by atomic mass is 10.1. The van der Waals surface area contributed by atoms with E-state index in [2.05, 4.69) is 15.9 Å². The average molecular weight is 291 g/mol. The van der Waals surface area contributed by atoms with E-state index < -0.39 is 9.84 Å². The van der Waals surface area contributed by atoms with Crippen molar-refractivity contribution in [3.05, 3.63) is 34.9 Å². The molecule has 0 saturated carbocycles. The van der Waals surface area contributed by atoms with E-state index in [1.807, 2.05) is 32.0 Å². The molecule has 1 unspecified atom stereocenters. The van der Waals surface area contributed by atoms with E-state index in [1.165, 1.54) is 17.4 Å². The van der Waals surface area contributed by atoms with Gasteiger partial charge in [0.05, 0.1) is 10.6 Å². The molecule has 0 heterocycles. The maximum Gasteiger partial charge on any atom is 0.148 e. The fourth-order valence-electron chi connectivity index (χ4n) is 1.32. The summed E-state index contributed by atoms with van der Waals surface area (Å²) in [6.45, 7) is 4.07. The van der Waals surface area contributed by atoms with E-state index in [0.29, 0.717) is 0 Å². The van der Waals surface area contributed by atoms with Crippen LogP contribution in [0.1, 0.15) is 21.5 Å². The summed E-state index contributed by atoms with van der Waals surface area (Å²) in [5.74, 6) is 0.134. The zero-order valence-corrected chi connectivity index (χ0v) is 11.5. The number of aryl methyl sites for hydroxylation is 2. The van der Waals surface area contributed by atoms with E-state index in [9.17, 15) is 8.42 Å². The van der Waals surface area contributed by atoms with Gasteiger partial charge in [0.25, 0.3) is 0 Å². The third-order valence-corrected chi connectivity index (χ3v) is 4.56. The molecular formula is C11H15BrO2S. The number of alkyl halides is 1. The van der Waals surface area contributed by atoms with E-state index in [-0.39, 0.29) is 10.6 Å². The highest BCUT2D eigenvalue weighted by atomic mass is 79.9. The van der Waals surface area contributed by atoms with Gasteiger partial charge in [0.2, 0.25) is 0 Å². The van der Waals surface area contributed by atoms with E-state index in [0.717, 1.165) is 5.56 Å². The summed E-state index contributed by atoms with van der Waals surface area (Å²) in [4.78, 5) is -0.119. The Morgan fingerprint density at radius 3 is 2.33 bits per heavy atom. The Hall–Kier alpha value is -0.350. The van der Waals surface area contributed by atoms with Crippen LogP contribution in [0.2, 0.25) is 0 Å². The molecule has 0 aliphatic carbocycles. The van der Waals surface area contributed by atoms with Crippen LogP contribution in [0.3, 0.4) is 0 Å². The van der Waals surface area contributed by atoms with Crippen molar-refractivity contribution in [2.45, 2.75) is 18.7 Å². The maximum atomic E-state index is 11.1. The number of benzene rings is 1. The van der Waals surface area contributed by atoms with Gasteiger partial charge in [-0.25, -0.2) is 8.42 Å². The fourth-order valence-corrected chi connectivity index (χ4v) is 3.77. The van der Waals surface area contributed by atoms with Crippen LogP contribution in [0.25, 0.3) is 0 Å². The third-order valence-electron chi connectivity index (χ3n) is 2.34. The Kier molecular flexibility index (Phi) is 3.95. The van der Waals surface area contributed by atoms with Crippen LogP contribution in [0, 0.1) is 13.8 Å². The smallest absolute Gasteiger partial charge is 0.148 e. The van der Waals surface area contributed by atoms with E-state index >= 15 is 0 Å². The first kappa shape index (κ1) is 12.7. The van der Waals surface area contributed by atoms with Gasteiger partial charge in [0.15, 0.2) is 0 Å². The van der Waals surface area contributed by atoms with Gasteiger partial charge in [0, 0.05) is 6.26 Å². The molecule has 2 nitrogen and oxygen atoms in total. The molecule has 1 aromatic carbocycles. The molecule has 0 spiro atoms. The first-order valence-corrected chi connectivity index (χ1v) is 7.66. The minimum absolute atomic E-state index is 0.119.